The number of rotatable bonds is 11. The molecule has 4 heteroatoms. The van der Waals surface area contributed by atoms with Crippen LogP contribution in [0, 0.1) is 6.92 Å². The number of hydrogen-bond donors (Lipinski definition) is 2. The van der Waals surface area contributed by atoms with Gasteiger partial charge in [-0.1, -0.05) is 36.2 Å². The van der Waals surface area contributed by atoms with Gasteiger partial charge in [0.1, 0.15) is 0 Å². The standard InChI is InChI=1S/C22H31NO2S/c1-17-8-10-18(11-9-17)6-4-3-5-7-20(25)21-13-12-19(26-21)14-15-22(2,23)16-24/h8-13,24H,3-7,14-16,23H2,1-2H3. The third-order valence-electron chi connectivity index (χ3n) is 4.73. The zero-order chi connectivity index (χ0) is 19.0. The van der Waals surface area contributed by atoms with E-state index in [9.17, 15) is 9.90 Å². The van der Waals surface area contributed by atoms with E-state index in [-0.39, 0.29) is 12.4 Å². The fourth-order valence-corrected chi connectivity index (χ4v) is 3.79. The molecule has 1 atom stereocenters. The van der Waals surface area contributed by atoms with Crippen molar-refractivity contribution in [2.75, 3.05) is 6.61 Å². The molecule has 1 aromatic heterocycles. The highest BCUT2D eigenvalue weighted by Gasteiger charge is 2.17. The molecular formula is C22H31NO2S. The van der Waals surface area contributed by atoms with Crippen LogP contribution in [-0.4, -0.2) is 23.0 Å². The van der Waals surface area contributed by atoms with Crippen molar-refractivity contribution >= 4 is 17.1 Å². The number of aryl methyl sites for hydroxylation is 3. The third kappa shape index (κ3) is 7.02. The summed E-state index contributed by atoms with van der Waals surface area (Å²) < 4.78 is 0. The van der Waals surface area contributed by atoms with Crippen LogP contribution < -0.4 is 5.73 Å². The van der Waals surface area contributed by atoms with Gasteiger partial charge in [-0.3, -0.25) is 4.79 Å². The van der Waals surface area contributed by atoms with Crippen LogP contribution in [0.1, 0.15) is 64.7 Å². The molecule has 2 aromatic rings. The summed E-state index contributed by atoms with van der Waals surface area (Å²) in [4.78, 5) is 14.3. The molecule has 1 unspecified atom stereocenters. The first-order valence-corrected chi connectivity index (χ1v) is 10.3. The monoisotopic (exact) mass is 373 g/mol. The van der Waals surface area contributed by atoms with Gasteiger partial charge >= 0.3 is 0 Å². The fourth-order valence-electron chi connectivity index (χ4n) is 2.82. The highest BCUT2D eigenvalue weighted by atomic mass is 32.1. The van der Waals surface area contributed by atoms with Crippen molar-refractivity contribution in [2.45, 2.75) is 64.3 Å². The van der Waals surface area contributed by atoms with Gasteiger partial charge in [-0.15, -0.1) is 11.3 Å². The summed E-state index contributed by atoms with van der Waals surface area (Å²) in [5.74, 6) is 0.245. The van der Waals surface area contributed by atoms with Gasteiger partial charge in [0.15, 0.2) is 5.78 Å². The normalized spacial score (nSPS) is 13.5. The van der Waals surface area contributed by atoms with Crippen molar-refractivity contribution in [1.29, 1.82) is 0 Å². The number of thiophene rings is 1. The first kappa shape index (κ1) is 20.8. The lowest BCUT2D eigenvalue weighted by molar-refractivity contribution is 0.0983. The molecule has 0 aliphatic carbocycles. The second kappa shape index (κ2) is 10.0. The average Bonchev–Trinajstić information content (AvgIpc) is 3.10. The number of Topliss-reactive ketones (excluding diaryl/α,β-unsaturated/α-hetero) is 1. The van der Waals surface area contributed by atoms with Crippen molar-refractivity contribution in [2.24, 2.45) is 5.73 Å². The molecule has 0 radical (unpaired) electrons. The molecule has 26 heavy (non-hydrogen) atoms. The largest absolute Gasteiger partial charge is 0.394 e. The molecule has 2 rings (SSSR count). The Morgan fingerprint density at radius 1 is 1.08 bits per heavy atom. The SMILES string of the molecule is Cc1ccc(CCCCCC(=O)c2ccc(CCC(C)(N)CO)s2)cc1. The van der Waals surface area contributed by atoms with Crippen LogP contribution in [0.15, 0.2) is 36.4 Å². The number of hydrogen-bond acceptors (Lipinski definition) is 4. The molecule has 0 spiro atoms. The lowest BCUT2D eigenvalue weighted by Crippen LogP contribution is -2.40. The lowest BCUT2D eigenvalue weighted by atomic mass is 9.98. The van der Waals surface area contributed by atoms with E-state index < -0.39 is 5.54 Å². The molecule has 0 aliphatic rings. The Morgan fingerprint density at radius 2 is 1.81 bits per heavy atom. The Bertz CT molecular complexity index is 688. The van der Waals surface area contributed by atoms with Gasteiger partial charge in [-0.05, 0) is 63.6 Å². The predicted molar refractivity (Wildman–Crippen MR) is 110 cm³/mol. The zero-order valence-corrected chi connectivity index (χ0v) is 16.8. The van der Waals surface area contributed by atoms with E-state index in [1.807, 2.05) is 19.1 Å². The van der Waals surface area contributed by atoms with Crippen molar-refractivity contribution in [3.63, 3.8) is 0 Å². The van der Waals surface area contributed by atoms with Crippen LogP contribution in [-0.2, 0) is 12.8 Å². The Balaban J connectivity index is 1.67. The van der Waals surface area contributed by atoms with Gasteiger partial charge in [0.25, 0.3) is 0 Å². The van der Waals surface area contributed by atoms with Crippen LogP contribution in [0.4, 0.5) is 0 Å². The number of nitrogens with two attached hydrogens (primary N) is 1. The molecule has 142 valence electrons. The topological polar surface area (TPSA) is 63.3 Å². The van der Waals surface area contributed by atoms with Crippen molar-refractivity contribution in [3.05, 3.63) is 57.3 Å². The van der Waals surface area contributed by atoms with Crippen LogP contribution in [0.5, 0.6) is 0 Å². The fraction of sp³-hybridized carbons (Fsp3) is 0.500. The minimum Gasteiger partial charge on any atom is -0.394 e. The number of ketones is 1. The molecule has 1 aromatic carbocycles. The highest BCUT2D eigenvalue weighted by Crippen LogP contribution is 2.22. The van der Waals surface area contributed by atoms with Crippen molar-refractivity contribution < 1.29 is 9.90 Å². The summed E-state index contributed by atoms with van der Waals surface area (Å²) >= 11 is 1.57. The van der Waals surface area contributed by atoms with Crippen LogP contribution >= 0.6 is 11.3 Å². The van der Waals surface area contributed by atoms with Crippen LogP contribution in [0.3, 0.4) is 0 Å². The predicted octanol–water partition coefficient (Wildman–Crippen LogP) is 4.68. The highest BCUT2D eigenvalue weighted by molar-refractivity contribution is 7.14. The number of carbonyl (C=O) groups excluding carboxylic acids is 1. The number of unbranched alkanes of at least 4 members (excludes halogenated alkanes) is 2. The summed E-state index contributed by atoms with van der Waals surface area (Å²) in [5.41, 5.74) is 8.08. The minimum atomic E-state index is -0.550. The molecule has 0 bridgehead atoms. The molecule has 0 aliphatic heterocycles. The first-order chi connectivity index (χ1) is 12.4. The minimum absolute atomic E-state index is 0.0211. The molecular weight excluding hydrogens is 342 g/mol. The van der Waals surface area contributed by atoms with Crippen LogP contribution in [0.25, 0.3) is 0 Å². The summed E-state index contributed by atoms with van der Waals surface area (Å²) in [6.45, 7) is 3.93. The van der Waals surface area contributed by atoms with Gasteiger partial charge < -0.3 is 10.8 Å². The average molecular weight is 374 g/mol. The van der Waals surface area contributed by atoms with E-state index in [0.717, 1.165) is 48.3 Å². The summed E-state index contributed by atoms with van der Waals surface area (Å²) in [5, 5.41) is 9.22. The Hall–Kier alpha value is -1.49. The van der Waals surface area contributed by atoms with Gasteiger partial charge in [-0.25, -0.2) is 0 Å². The summed E-state index contributed by atoms with van der Waals surface area (Å²) in [6.07, 6.45) is 6.39. The second-order valence-corrected chi connectivity index (χ2v) is 8.72. The molecule has 0 fully saturated rings. The molecule has 0 saturated heterocycles. The van der Waals surface area contributed by atoms with Crippen molar-refractivity contribution in [3.8, 4) is 0 Å². The molecule has 0 amide bonds. The van der Waals surface area contributed by atoms with E-state index in [4.69, 9.17) is 5.73 Å². The molecule has 3 N–H and O–H groups in total. The van der Waals surface area contributed by atoms with Gasteiger partial charge in [0.2, 0.25) is 0 Å². The number of carbonyl (C=O) groups is 1. The quantitative estimate of drug-likeness (QED) is 0.444. The second-order valence-electron chi connectivity index (χ2n) is 7.55. The summed E-state index contributed by atoms with van der Waals surface area (Å²) in [7, 11) is 0. The summed E-state index contributed by atoms with van der Waals surface area (Å²) in [6, 6.07) is 12.6. The van der Waals surface area contributed by atoms with E-state index in [2.05, 4.69) is 31.2 Å². The Kier molecular flexibility index (Phi) is 8.01. The van der Waals surface area contributed by atoms with Crippen molar-refractivity contribution in [1.82, 2.24) is 0 Å². The lowest BCUT2D eigenvalue weighted by Gasteiger charge is -2.20. The maximum Gasteiger partial charge on any atom is 0.172 e. The van der Waals surface area contributed by atoms with E-state index in [0.29, 0.717) is 6.42 Å². The molecule has 1 heterocycles. The Morgan fingerprint density at radius 3 is 2.50 bits per heavy atom. The van der Waals surface area contributed by atoms with E-state index in [1.165, 1.54) is 11.1 Å². The Labute approximate surface area is 161 Å². The molecule has 0 saturated carbocycles. The van der Waals surface area contributed by atoms with Crippen LogP contribution in [0.2, 0.25) is 0 Å². The molecule has 3 nitrogen and oxygen atoms in total. The maximum absolute atomic E-state index is 12.3. The van der Waals surface area contributed by atoms with E-state index >= 15 is 0 Å². The number of aliphatic hydroxyl groups is 1. The third-order valence-corrected chi connectivity index (χ3v) is 5.92. The number of aliphatic hydroxyl groups excluding tert-OH is 1. The van der Waals surface area contributed by atoms with Gasteiger partial charge in [0, 0.05) is 16.8 Å². The first-order valence-electron chi connectivity index (χ1n) is 9.47. The smallest absolute Gasteiger partial charge is 0.172 e. The van der Waals surface area contributed by atoms with Gasteiger partial charge in [0.05, 0.1) is 11.5 Å². The maximum atomic E-state index is 12.3. The number of benzene rings is 1. The zero-order valence-electron chi connectivity index (χ0n) is 16.0. The van der Waals surface area contributed by atoms with E-state index in [1.54, 1.807) is 11.3 Å². The van der Waals surface area contributed by atoms with Gasteiger partial charge in [-0.2, -0.15) is 0 Å².